The van der Waals surface area contributed by atoms with Gasteiger partial charge in [-0.2, -0.15) is 0 Å². The van der Waals surface area contributed by atoms with E-state index in [1.54, 1.807) is 12.1 Å². The van der Waals surface area contributed by atoms with Gasteiger partial charge in [0, 0.05) is 12.0 Å². The first-order chi connectivity index (χ1) is 5.86. The summed E-state index contributed by atoms with van der Waals surface area (Å²) in [6.07, 6.45) is 3.00. The molecule has 0 aliphatic rings. The van der Waals surface area contributed by atoms with Crippen LogP contribution in [-0.4, -0.2) is 12.6 Å². The average molecular weight is 162 g/mol. The van der Waals surface area contributed by atoms with Crippen LogP contribution in [0.3, 0.4) is 0 Å². The highest BCUT2D eigenvalue weighted by atomic mass is 16.1. The van der Waals surface area contributed by atoms with Gasteiger partial charge >= 0.3 is 0 Å². The molecule has 1 rings (SSSR count). The van der Waals surface area contributed by atoms with Crippen molar-refractivity contribution in [3.63, 3.8) is 0 Å². The van der Waals surface area contributed by atoms with Crippen LogP contribution in [0.1, 0.15) is 22.3 Å². The molecule has 0 heterocycles. The number of rotatable bonds is 4. The monoisotopic (exact) mass is 162 g/mol. The molecule has 0 spiro atoms. The van der Waals surface area contributed by atoms with Crippen LogP contribution >= 0.6 is 0 Å². The summed E-state index contributed by atoms with van der Waals surface area (Å²) in [4.78, 5) is 20.3. The zero-order valence-corrected chi connectivity index (χ0v) is 6.69. The fraction of sp³-hybridized carbons (Fsp3) is 0.200. The fourth-order valence-electron chi connectivity index (χ4n) is 0.988. The van der Waals surface area contributed by atoms with E-state index in [1.165, 1.54) is 0 Å². The largest absolute Gasteiger partial charge is 0.303 e. The highest BCUT2D eigenvalue weighted by molar-refractivity contribution is 5.74. The summed E-state index contributed by atoms with van der Waals surface area (Å²) in [5, 5.41) is 0. The van der Waals surface area contributed by atoms with E-state index in [1.807, 2.05) is 12.1 Å². The zero-order chi connectivity index (χ0) is 8.81. The van der Waals surface area contributed by atoms with E-state index in [4.69, 9.17) is 0 Å². The van der Waals surface area contributed by atoms with Crippen molar-refractivity contribution in [2.24, 2.45) is 0 Å². The third-order valence-electron chi connectivity index (χ3n) is 1.67. The predicted octanol–water partition coefficient (Wildman–Crippen LogP) is 1.63. The third-order valence-corrected chi connectivity index (χ3v) is 1.67. The van der Waals surface area contributed by atoms with Gasteiger partial charge in [0.05, 0.1) is 0 Å². The molecule has 0 atom stereocenters. The molecule has 0 aromatic heterocycles. The lowest BCUT2D eigenvalue weighted by atomic mass is 10.1. The molecule has 0 unspecified atom stereocenters. The van der Waals surface area contributed by atoms with Gasteiger partial charge in [0.2, 0.25) is 0 Å². The van der Waals surface area contributed by atoms with Crippen LogP contribution in [0.15, 0.2) is 24.3 Å². The number of hydrogen-bond donors (Lipinski definition) is 0. The highest BCUT2D eigenvalue weighted by Crippen LogP contribution is 2.04. The van der Waals surface area contributed by atoms with Gasteiger partial charge < -0.3 is 4.79 Å². The molecule has 12 heavy (non-hydrogen) atoms. The van der Waals surface area contributed by atoms with Gasteiger partial charge in [-0.25, -0.2) is 0 Å². The molecular formula is C10H10O2. The first kappa shape index (κ1) is 8.65. The Bertz CT molecular complexity index is 262. The number of aryl methyl sites for hydroxylation is 1. The van der Waals surface area contributed by atoms with Crippen molar-refractivity contribution >= 4 is 12.6 Å². The molecule has 0 fully saturated rings. The van der Waals surface area contributed by atoms with Gasteiger partial charge in [0.25, 0.3) is 0 Å². The Morgan fingerprint density at radius 1 is 1.08 bits per heavy atom. The van der Waals surface area contributed by atoms with Crippen LogP contribution < -0.4 is 0 Å². The standard InChI is InChI=1S/C10H10O2/c11-7-1-2-9-3-5-10(8-12)6-4-9/h3-8H,1-2H2. The van der Waals surface area contributed by atoms with E-state index in [0.717, 1.165) is 24.6 Å². The summed E-state index contributed by atoms with van der Waals surface area (Å²) in [5.74, 6) is 0. The molecule has 0 amide bonds. The Balaban J connectivity index is 2.64. The molecule has 0 saturated heterocycles. The van der Waals surface area contributed by atoms with E-state index < -0.39 is 0 Å². The third kappa shape index (κ3) is 2.31. The minimum absolute atomic E-state index is 0.542. The summed E-state index contributed by atoms with van der Waals surface area (Å²) >= 11 is 0. The van der Waals surface area contributed by atoms with Crippen LogP contribution in [0.4, 0.5) is 0 Å². The Labute approximate surface area is 71.2 Å². The van der Waals surface area contributed by atoms with Crippen molar-refractivity contribution in [2.45, 2.75) is 12.8 Å². The summed E-state index contributed by atoms with van der Waals surface area (Å²) in [6, 6.07) is 7.25. The van der Waals surface area contributed by atoms with Crippen molar-refractivity contribution in [2.75, 3.05) is 0 Å². The molecule has 0 aliphatic carbocycles. The van der Waals surface area contributed by atoms with E-state index in [2.05, 4.69) is 0 Å². The number of aldehydes is 2. The minimum atomic E-state index is 0.542. The van der Waals surface area contributed by atoms with Crippen molar-refractivity contribution in [3.8, 4) is 0 Å². The smallest absolute Gasteiger partial charge is 0.150 e. The minimum Gasteiger partial charge on any atom is -0.303 e. The van der Waals surface area contributed by atoms with Crippen LogP contribution in [-0.2, 0) is 11.2 Å². The Hall–Kier alpha value is -1.44. The summed E-state index contributed by atoms with van der Waals surface area (Å²) < 4.78 is 0. The van der Waals surface area contributed by atoms with Gasteiger partial charge in [0.1, 0.15) is 12.6 Å². The highest BCUT2D eigenvalue weighted by Gasteiger charge is 1.92. The second-order valence-electron chi connectivity index (χ2n) is 2.56. The first-order valence-corrected chi connectivity index (χ1v) is 3.84. The van der Waals surface area contributed by atoms with Gasteiger partial charge in [0.15, 0.2) is 0 Å². The van der Waals surface area contributed by atoms with Crippen molar-refractivity contribution < 1.29 is 9.59 Å². The lowest BCUT2D eigenvalue weighted by molar-refractivity contribution is -0.107. The SMILES string of the molecule is O=CCCc1ccc(C=O)cc1. The van der Waals surface area contributed by atoms with Gasteiger partial charge in [-0.3, -0.25) is 4.79 Å². The molecular weight excluding hydrogens is 152 g/mol. The topological polar surface area (TPSA) is 34.1 Å². The maximum atomic E-state index is 10.3. The Kier molecular flexibility index (Phi) is 3.20. The molecule has 0 radical (unpaired) electrons. The van der Waals surface area contributed by atoms with Gasteiger partial charge in [-0.15, -0.1) is 0 Å². The second-order valence-corrected chi connectivity index (χ2v) is 2.56. The van der Waals surface area contributed by atoms with E-state index in [0.29, 0.717) is 12.0 Å². The fourth-order valence-corrected chi connectivity index (χ4v) is 0.988. The van der Waals surface area contributed by atoms with Gasteiger partial charge in [-0.1, -0.05) is 24.3 Å². The van der Waals surface area contributed by atoms with E-state index in [-0.39, 0.29) is 0 Å². The molecule has 62 valence electrons. The Morgan fingerprint density at radius 3 is 2.25 bits per heavy atom. The number of carbonyl (C=O) groups is 2. The van der Waals surface area contributed by atoms with E-state index >= 15 is 0 Å². The molecule has 0 N–H and O–H groups in total. The Morgan fingerprint density at radius 2 is 1.75 bits per heavy atom. The number of benzene rings is 1. The van der Waals surface area contributed by atoms with Crippen molar-refractivity contribution in [1.29, 1.82) is 0 Å². The molecule has 1 aromatic carbocycles. The van der Waals surface area contributed by atoms with Crippen LogP contribution in [0.2, 0.25) is 0 Å². The lowest BCUT2D eigenvalue weighted by Crippen LogP contribution is -1.86. The van der Waals surface area contributed by atoms with Crippen molar-refractivity contribution in [3.05, 3.63) is 35.4 Å². The van der Waals surface area contributed by atoms with Gasteiger partial charge in [-0.05, 0) is 12.0 Å². The number of carbonyl (C=O) groups excluding carboxylic acids is 2. The molecule has 0 bridgehead atoms. The van der Waals surface area contributed by atoms with Crippen molar-refractivity contribution in [1.82, 2.24) is 0 Å². The van der Waals surface area contributed by atoms with Crippen LogP contribution in [0, 0.1) is 0 Å². The number of hydrogen-bond acceptors (Lipinski definition) is 2. The van der Waals surface area contributed by atoms with Crippen LogP contribution in [0.25, 0.3) is 0 Å². The van der Waals surface area contributed by atoms with E-state index in [9.17, 15) is 9.59 Å². The molecule has 0 aliphatic heterocycles. The first-order valence-electron chi connectivity index (χ1n) is 3.84. The summed E-state index contributed by atoms with van der Waals surface area (Å²) in [5.41, 5.74) is 1.76. The maximum absolute atomic E-state index is 10.3. The average Bonchev–Trinajstić information content (AvgIpc) is 2.15. The summed E-state index contributed by atoms with van der Waals surface area (Å²) in [6.45, 7) is 0. The predicted molar refractivity (Wildman–Crippen MR) is 46.2 cm³/mol. The maximum Gasteiger partial charge on any atom is 0.150 e. The quantitative estimate of drug-likeness (QED) is 0.630. The molecule has 2 nitrogen and oxygen atoms in total. The van der Waals surface area contributed by atoms with Crippen LogP contribution in [0.5, 0.6) is 0 Å². The molecule has 1 aromatic rings. The normalized spacial score (nSPS) is 9.33. The lowest BCUT2D eigenvalue weighted by Gasteiger charge is -1.96. The summed E-state index contributed by atoms with van der Waals surface area (Å²) in [7, 11) is 0. The molecule has 0 saturated carbocycles. The zero-order valence-electron chi connectivity index (χ0n) is 6.69. The molecule has 2 heteroatoms. The second kappa shape index (κ2) is 4.44.